The van der Waals surface area contributed by atoms with Gasteiger partial charge in [0.1, 0.15) is 0 Å². The maximum absolute atomic E-state index is 13.3. The monoisotopic (exact) mass is 539 g/mol. The van der Waals surface area contributed by atoms with E-state index in [9.17, 15) is 14.4 Å². The number of nitrogens with one attached hydrogen (secondary N) is 3. The van der Waals surface area contributed by atoms with Crippen LogP contribution in [0, 0.1) is 13.8 Å². The molecule has 3 atom stereocenters. The number of aryl methyl sites for hydroxylation is 2. The van der Waals surface area contributed by atoms with Crippen LogP contribution in [0.25, 0.3) is 0 Å². The summed E-state index contributed by atoms with van der Waals surface area (Å²) < 4.78 is 5.38. The first-order valence-electron chi connectivity index (χ1n) is 12.5. The maximum atomic E-state index is 13.3. The lowest BCUT2D eigenvalue weighted by Crippen LogP contribution is -2.56. The Morgan fingerprint density at radius 3 is 2.63 bits per heavy atom. The topological polar surface area (TPSA) is 168 Å². The number of hydrogen-bond acceptors (Lipinski definition) is 11. The van der Waals surface area contributed by atoms with Gasteiger partial charge < -0.3 is 25.4 Å². The number of carbonyl (C=O) groups is 3. The van der Waals surface area contributed by atoms with E-state index < -0.39 is 23.9 Å². The fourth-order valence-corrected chi connectivity index (χ4v) is 5.82. The van der Waals surface area contributed by atoms with Crippen LogP contribution in [0.3, 0.4) is 0 Å². The molecule has 200 valence electrons. The molecule has 0 bridgehead atoms. The number of carbonyl (C=O) groups excluding carboxylic acids is 3. The Labute approximate surface area is 222 Å². The third kappa shape index (κ3) is 5.86. The number of nitrogens with zero attached hydrogens (tertiary/aromatic N) is 6. The van der Waals surface area contributed by atoms with Gasteiger partial charge in [0.05, 0.1) is 17.4 Å². The number of rotatable bonds is 5. The van der Waals surface area contributed by atoms with E-state index >= 15 is 0 Å². The molecule has 0 radical (unpaired) electrons. The lowest BCUT2D eigenvalue weighted by Gasteiger charge is -2.35. The maximum Gasteiger partial charge on any atom is 0.314 e. The van der Waals surface area contributed by atoms with E-state index in [1.165, 1.54) is 11.3 Å². The van der Waals surface area contributed by atoms with Crippen LogP contribution in [0.5, 0.6) is 0 Å². The minimum atomic E-state index is -0.861. The van der Waals surface area contributed by atoms with E-state index in [0.717, 1.165) is 30.1 Å². The van der Waals surface area contributed by atoms with Crippen LogP contribution in [-0.2, 0) is 22.6 Å². The second-order valence-electron chi connectivity index (χ2n) is 9.74. The summed E-state index contributed by atoms with van der Waals surface area (Å²) in [5, 5.41) is 20.3. The quantitative estimate of drug-likeness (QED) is 0.399. The highest BCUT2D eigenvalue weighted by atomic mass is 32.1. The second-order valence-corrected chi connectivity index (χ2v) is 10.8. The number of fused-ring (bicyclic) bond motifs is 1. The normalized spacial score (nSPS) is 21.4. The molecular formula is C24H29N9O4S. The SMILES string of the molecule is Cc1ccc(NC(=O)C(=O)N[C@H]2CC[C@H](c3nc(C)no3)C[C@H]2NC(=O)c2nc3c(s2)CN(C)CC3)nn1. The summed E-state index contributed by atoms with van der Waals surface area (Å²) >= 11 is 1.39. The second kappa shape index (κ2) is 10.9. The molecule has 3 amide bonds. The van der Waals surface area contributed by atoms with Crippen LogP contribution in [0.2, 0.25) is 0 Å². The average Bonchev–Trinajstić information content (AvgIpc) is 3.52. The minimum absolute atomic E-state index is 0.0931. The van der Waals surface area contributed by atoms with E-state index in [-0.39, 0.29) is 17.6 Å². The number of anilines is 1. The smallest absolute Gasteiger partial charge is 0.314 e. The van der Waals surface area contributed by atoms with Crippen molar-refractivity contribution in [2.75, 3.05) is 18.9 Å². The van der Waals surface area contributed by atoms with Gasteiger partial charge in [-0.1, -0.05) is 5.16 Å². The van der Waals surface area contributed by atoms with Gasteiger partial charge in [0.25, 0.3) is 5.91 Å². The molecule has 2 aliphatic rings. The summed E-state index contributed by atoms with van der Waals surface area (Å²) in [5.41, 5.74) is 1.65. The van der Waals surface area contributed by atoms with Crippen LogP contribution in [-0.4, -0.2) is 73.6 Å². The number of hydrogen-bond donors (Lipinski definition) is 3. The largest absolute Gasteiger partial charge is 0.345 e. The van der Waals surface area contributed by atoms with Crippen molar-refractivity contribution in [2.45, 2.75) is 64.1 Å². The molecule has 0 aromatic carbocycles. The highest BCUT2D eigenvalue weighted by molar-refractivity contribution is 7.13. The Hall–Kier alpha value is -3.78. The molecule has 0 spiro atoms. The van der Waals surface area contributed by atoms with Crippen molar-refractivity contribution in [1.29, 1.82) is 0 Å². The van der Waals surface area contributed by atoms with E-state index in [1.54, 1.807) is 26.0 Å². The molecule has 38 heavy (non-hydrogen) atoms. The first-order valence-corrected chi connectivity index (χ1v) is 13.3. The Kier molecular flexibility index (Phi) is 7.42. The summed E-state index contributed by atoms with van der Waals surface area (Å²) in [7, 11) is 2.04. The van der Waals surface area contributed by atoms with Crippen molar-refractivity contribution in [2.24, 2.45) is 0 Å². The Bertz CT molecular complexity index is 1340. The molecule has 1 fully saturated rings. The number of thiazole rings is 1. The number of likely N-dealkylation sites (N-methyl/N-ethyl adjacent to an activating group) is 1. The molecular weight excluding hydrogens is 510 g/mol. The van der Waals surface area contributed by atoms with Crippen molar-refractivity contribution >= 4 is 34.9 Å². The molecule has 3 aromatic rings. The molecule has 5 rings (SSSR count). The number of aromatic nitrogens is 5. The van der Waals surface area contributed by atoms with Crippen molar-refractivity contribution in [3.63, 3.8) is 0 Å². The molecule has 0 unspecified atom stereocenters. The van der Waals surface area contributed by atoms with Gasteiger partial charge in [-0.2, -0.15) is 10.1 Å². The fourth-order valence-electron chi connectivity index (χ4n) is 4.73. The third-order valence-corrected chi connectivity index (χ3v) is 7.82. The van der Waals surface area contributed by atoms with Crippen LogP contribution >= 0.6 is 11.3 Å². The standard InChI is InChI=1S/C24H29N9O4S/c1-12-4-7-19(31-30-12)29-21(35)20(34)26-15-6-5-14(23-25-13(2)32-37-23)10-17(15)27-22(36)24-28-16-8-9-33(3)11-18(16)38-24/h4,7,14-15,17H,5-6,8-11H2,1-3H3,(H,26,34)(H,27,36)(H,29,31,35)/t14-,15-,17+/m0/s1. The van der Waals surface area contributed by atoms with Gasteiger partial charge in [-0.25, -0.2) is 4.98 Å². The van der Waals surface area contributed by atoms with E-state index in [0.29, 0.717) is 41.7 Å². The average molecular weight is 540 g/mol. The zero-order chi connectivity index (χ0) is 26.8. The van der Waals surface area contributed by atoms with Crippen LogP contribution in [0.1, 0.15) is 63.0 Å². The summed E-state index contributed by atoms with van der Waals surface area (Å²) in [5.74, 6) is -0.881. The molecule has 1 saturated carbocycles. The highest BCUT2D eigenvalue weighted by Crippen LogP contribution is 2.33. The summed E-state index contributed by atoms with van der Waals surface area (Å²) in [6.45, 7) is 5.18. The zero-order valence-corrected chi connectivity index (χ0v) is 22.2. The van der Waals surface area contributed by atoms with Crippen molar-refractivity contribution in [3.05, 3.63) is 45.1 Å². The first kappa shape index (κ1) is 25.9. The molecule has 14 heteroatoms. The molecule has 1 aliphatic heterocycles. The summed E-state index contributed by atoms with van der Waals surface area (Å²) in [6.07, 6.45) is 2.40. The Morgan fingerprint density at radius 2 is 1.89 bits per heavy atom. The predicted molar refractivity (Wildman–Crippen MR) is 136 cm³/mol. The Morgan fingerprint density at radius 1 is 1.05 bits per heavy atom. The van der Waals surface area contributed by atoms with Gasteiger partial charge in [-0.05, 0) is 52.3 Å². The van der Waals surface area contributed by atoms with Crippen molar-refractivity contribution in [1.82, 2.24) is 40.9 Å². The fraction of sp³-hybridized carbons (Fsp3) is 0.500. The number of amides is 3. The van der Waals surface area contributed by atoms with E-state index in [2.05, 4.69) is 46.2 Å². The van der Waals surface area contributed by atoms with Crippen molar-refractivity contribution in [3.8, 4) is 0 Å². The van der Waals surface area contributed by atoms with Gasteiger partial charge in [0.15, 0.2) is 16.6 Å². The molecule has 13 nitrogen and oxygen atoms in total. The minimum Gasteiger partial charge on any atom is -0.345 e. The molecule has 4 heterocycles. The van der Waals surface area contributed by atoms with Crippen molar-refractivity contribution < 1.29 is 18.9 Å². The highest BCUT2D eigenvalue weighted by Gasteiger charge is 2.37. The molecule has 3 N–H and O–H groups in total. The third-order valence-electron chi connectivity index (χ3n) is 6.74. The zero-order valence-electron chi connectivity index (χ0n) is 21.4. The van der Waals surface area contributed by atoms with Gasteiger partial charge in [0.2, 0.25) is 5.89 Å². The summed E-state index contributed by atoms with van der Waals surface area (Å²) in [4.78, 5) is 50.8. The lowest BCUT2D eigenvalue weighted by atomic mass is 9.82. The Balaban J connectivity index is 1.29. The van der Waals surface area contributed by atoms with Gasteiger partial charge in [-0.3, -0.25) is 14.4 Å². The van der Waals surface area contributed by atoms with E-state index in [1.807, 2.05) is 7.05 Å². The van der Waals surface area contributed by atoms with E-state index in [4.69, 9.17) is 4.52 Å². The lowest BCUT2D eigenvalue weighted by molar-refractivity contribution is -0.136. The van der Waals surface area contributed by atoms with Gasteiger partial charge in [-0.15, -0.1) is 16.4 Å². The van der Waals surface area contributed by atoms with Crippen LogP contribution < -0.4 is 16.0 Å². The van der Waals surface area contributed by atoms with Gasteiger partial charge >= 0.3 is 11.8 Å². The molecule has 0 saturated heterocycles. The first-order chi connectivity index (χ1) is 18.2. The van der Waals surface area contributed by atoms with Gasteiger partial charge in [0, 0.05) is 36.3 Å². The van der Waals surface area contributed by atoms with Crippen LogP contribution in [0.15, 0.2) is 16.7 Å². The van der Waals surface area contributed by atoms with Crippen LogP contribution in [0.4, 0.5) is 5.82 Å². The predicted octanol–water partition coefficient (Wildman–Crippen LogP) is 1.11. The summed E-state index contributed by atoms with van der Waals surface area (Å²) in [6, 6.07) is 2.29. The molecule has 1 aliphatic carbocycles. The molecule has 3 aromatic heterocycles.